The van der Waals surface area contributed by atoms with Crippen LogP contribution < -0.4 is 0 Å². The lowest BCUT2D eigenvalue weighted by atomic mass is 9.68. The number of esters is 2. The summed E-state index contributed by atoms with van der Waals surface area (Å²) >= 11 is 3.49. The van der Waals surface area contributed by atoms with E-state index in [4.69, 9.17) is 9.47 Å². The van der Waals surface area contributed by atoms with Crippen LogP contribution in [0.5, 0.6) is 0 Å². The van der Waals surface area contributed by atoms with Crippen LogP contribution >= 0.6 is 23.5 Å². The van der Waals surface area contributed by atoms with E-state index >= 15 is 0 Å². The lowest BCUT2D eigenvalue weighted by molar-refractivity contribution is -0.159. The monoisotopic (exact) mass is 358 g/mol. The second kappa shape index (κ2) is 7.77. The molecule has 0 saturated carbocycles. The highest BCUT2D eigenvalue weighted by Gasteiger charge is 2.53. The van der Waals surface area contributed by atoms with Gasteiger partial charge in [-0.3, -0.25) is 4.79 Å². The molecule has 1 N–H and O–H groups in total. The van der Waals surface area contributed by atoms with Crippen LogP contribution in [-0.4, -0.2) is 53.5 Å². The third-order valence-corrected chi connectivity index (χ3v) is 7.25. The molecular formula is C16H22O5S2. The van der Waals surface area contributed by atoms with Crippen molar-refractivity contribution in [3.63, 3.8) is 0 Å². The fraction of sp³-hybridized carbons (Fsp3) is 0.625. The van der Waals surface area contributed by atoms with Gasteiger partial charge in [0.15, 0.2) is 0 Å². The summed E-state index contributed by atoms with van der Waals surface area (Å²) in [5, 5.41) is 10.5. The predicted molar refractivity (Wildman–Crippen MR) is 92.2 cm³/mol. The number of allylic oxidation sites excluding steroid dienone is 1. The van der Waals surface area contributed by atoms with Crippen LogP contribution in [-0.2, 0) is 19.1 Å². The van der Waals surface area contributed by atoms with Gasteiger partial charge in [-0.05, 0) is 29.9 Å². The Morgan fingerprint density at radius 1 is 1.30 bits per heavy atom. The number of thioether (sulfide) groups is 2. The van der Waals surface area contributed by atoms with Gasteiger partial charge in [0.1, 0.15) is 5.41 Å². The third kappa shape index (κ3) is 3.19. The molecule has 2 atom stereocenters. The highest BCUT2D eigenvalue weighted by atomic mass is 32.2. The number of methoxy groups -OCH3 is 2. The Morgan fingerprint density at radius 2 is 1.96 bits per heavy atom. The fourth-order valence-corrected chi connectivity index (χ4v) is 6.00. The number of ether oxygens (including phenoxy) is 2. The van der Waals surface area contributed by atoms with E-state index in [1.54, 1.807) is 42.6 Å². The zero-order valence-corrected chi connectivity index (χ0v) is 15.2. The van der Waals surface area contributed by atoms with Gasteiger partial charge < -0.3 is 14.6 Å². The molecule has 0 radical (unpaired) electrons. The largest absolute Gasteiger partial charge is 0.468 e. The summed E-state index contributed by atoms with van der Waals surface area (Å²) in [4.78, 5) is 25.0. The van der Waals surface area contributed by atoms with Crippen LogP contribution in [0.1, 0.15) is 19.8 Å². The molecule has 0 bridgehead atoms. The van der Waals surface area contributed by atoms with E-state index in [0.29, 0.717) is 0 Å². The van der Waals surface area contributed by atoms with E-state index in [1.165, 1.54) is 14.2 Å². The van der Waals surface area contributed by atoms with E-state index in [1.807, 2.05) is 0 Å². The van der Waals surface area contributed by atoms with Crippen LogP contribution in [0, 0.1) is 5.41 Å². The quantitative estimate of drug-likeness (QED) is 0.772. The van der Waals surface area contributed by atoms with Crippen molar-refractivity contribution in [1.29, 1.82) is 0 Å². The van der Waals surface area contributed by atoms with Crippen molar-refractivity contribution in [2.75, 3.05) is 25.7 Å². The van der Waals surface area contributed by atoms with E-state index in [0.717, 1.165) is 23.5 Å². The molecule has 0 unspecified atom stereocenters. The molecule has 5 nitrogen and oxygen atoms in total. The summed E-state index contributed by atoms with van der Waals surface area (Å²) in [5.41, 5.74) is -0.426. The molecule has 23 heavy (non-hydrogen) atoms. The van der Waals surface area contributed by atoms with Gasteiger partial charge in [-0.2, -0.15) is 0 Å². The standard InChI is InChI=1S/C16H22O5S2/c1-4-16(15(19)21-3)11(17)7-6-10(12(16)13(18)20-2)14-22-8-5-9-23-14/h6-7,11,14,17H,4-5,8-9H2,1-3H3/t11-,16+/m0/s1. The molecule has 1 aliphatic heterocycles. The van der Waals surface area contributed by atoms with Gasteiger partial charge in [-0.25, -0.2) is 4.79 Å². The molecule has 1 fully saturated rings. The number of rotatable bonds is 4. The molecule has 1 heterocycles. The molecule has 7 heteroatoms. The molecule has 0 amide bonds. The summed E-state index contributed by atoms with van der Waals surface area (Å²) in [7, 11) is 2.56. The van der Waals surface area contributed by atoms with Gasteiger partial charge in [-0.15, -0.1) is 23.5 Å². The molecule has 0 spiro atoms. The first kappa shape index (κ1) is 18.4. The van der Waals surface area contributed by atoms with Crippen molar-refractivity contribution in [2.24, 2.45) is 5.41 Å². The zero-order chi connectivity index (χ0) is 17.0. The summed E-state index contributed by atoms with van der Waals surface area (Å²) in [6.07, 6.45) is 3.59. The highest BCUT2D eigenvalue weighted by molar-refractivity contribution is 8.17. The molecule has 2 aliphatic rings. The van der Waals surface area contributed by atoms with Gasteiger partial charge in [0, 0.05) is 0 Å². The summed E-state index contributed by atoms with van der Waals surface area (Å²) in [6.45, 7) is 1.76. The molecular weight excluding hydrogens is 336 g/mol. The Morgan fingerprint density at radius 3 is 2.48 bits per heavy atom. The highest BCUT2D eigenvalue weighted by Crippen LogP contribution is 2.47. The van der Waals surface area contributed by atoms with Crippen LogP contribution in [0.2, 0.25) is 0 Å². The number of carbonyl (C=O) groups is 2. The van der Waals surface area contributed by atoms with Gasteiger partial charge in [0.2, 0.25) is 0 Å². The Kier molecular flexibility index (Phi) is 6.22. The summed E-state index contributed by atoms with van der Waals surface area (Å²) in [5.74, 6) is 0.815. The Balaban J connectivity index is 2.62. The Labute approximate surface area is 144 Å². The van der Waals surface area contributed by atoms with Crippen molar-refractivity contribution < 1.29 is 24.2 Å². The molecule has 0 aromatic rings. The van der Waals surface area contributed by atoms with Gasteiger partial charge in [0.25, 0.3) is 0 Å². The minimum Gasteiger partial charge on any atom is -0.468 e. The SMILES string of the molecule is CC[C@]1(C(=O)OC)C(C(=O)OC)=C(C2SCCCS2)C=C[C@@H]1O. The second-order valence-corrected chi connectivity index (χ2v) is 8.09. The average molecular weight is 358 g/mol. The van der Waals surface area contributed by atoms with Gasteiger partial charge in [0.05, 0.1) is 30.5 Å². The van der Waals surface area contributed by atoms with Gasteiger partial charge in [-0.1, -0.05) is 19.1 Å². The first-order valence-corrected chi connectivity index (χ1v) is 9.63. The number of aliphatic hydroxyl groups is 1. The third-order valence-electron chi connectivity index (χ3n) is 4.28. The zero-order valence-electron chi connectivity index (χ0n) is 13.5. The van der Waals surface area contributed by atoms with Crippen LogP contribution in [0.4, 0.5) is 0 Å². The maximum Gasteiger partial charge on any atom is 0.335 e. The summed E-state index contributed by atoms with van der Waals surface area (Å²) in [6, 6.07) is 0. The van der Waals surface area contributed by atoms with Crippen molar-refractivity contribution in [3.05, 3.63) is 23.3 Å². The van der Waals surface area contributed by atoms with Crippen molar-refractivity contribution in [1.82, 2.24) is 0 Å². The normalized spacial score (nSPS) is 28.6. The molecule has 0 aromatic carbocycles. The Hall–Kier alpha value is -0.920. The molecule has 1 saturated heterocycles. The number of hydrogen-bond donors (Lipinski definition) is 1. The smallest absolute Gasteiger partial charge is 0.335 e. The minimum absolute atomic E-state index is 0.0529. The van der Waals surface area contributed by atoms with Gasteiger partial charge >= 0.3 is 11.9 Å². The predicted octanol–water partition coefficient (Wildman–Crippen LogP) is 2.15. The molecule has 2 rings (SSSR count). The van der Waals surface area contributed by atoms with Crippen LogP contribution in [0.15, 0.2) is 23.3 Å². The maximum atomic E-state index is 12.5. The number of hydrogen-bond acceptors (Lipinski definition) is 7. The first-order chi connectivity index (χ1) is 11.0. The maximum absolute atomic E-state index is 12.5. The summed E-state index contributed by atoms with van der Waals surface area (Å²) < 4.78 is 9.92. The van der Waals surface area contributed by atoms with Crippen molar-refractivity contribution >= 4 is 35.5 Å². The van der Waals surface area contributed by atoms with Crippen LogP contribution in [0.3, 0.4) is 0 Å². The molecule has 1 aliphatic carbocycles. The topological polar surface area (TPSA) is 72.8 Å². The van der Waals surface area contributed by atoms with Crippen molar-refractivity contribution in [3.8, 4) is 0 Å². The number of carbonyl (C=O) groups excluding carboxylic acids is 2. The van der Waals surface area contributed by atoms with E-state index < -0.39 is 23.5 Å². The second-order valence-electron chi connectivity index (χ2n) is 5.37. The molecule has 128 valence electrons. The van der Waals surface area contributed by atoms with E-state index in [-0.39, 0.29) is 16.6 Å². The molecule has 0 aromatic heterocycles. The fourth-order valence-electron chi connectivity index (χ4n) is 3.05. The Bertz CT molecular complexity index is 537. The van der Waals surface area contributed by atoms with E-state index in [9.17, 15) is 14.7 Å². The number of aliphatic hydroxyl groups excluding tert-OH is 1. The minimum atomic E-state index is -1.41. The first-order valence-electron chi connectivity index (χ1n) is 7.53. The lowest BCUT2D eigenvalue weighted by Crippen LogP contribution is -2.48. The van der Waals surface area contributed by atoms with Crippen LogP contribution in [0.25, 0.3) is 0 Å². The van der Waals surface area contributed by atoms with E-state index in [2.05, 4.69) is 0 Å². The van der Waals surface area contributed by atoms with Crippen molar-refractivity contribution in [2.45, 2.75) is 30.5 Å². The lowest BCUT2D eigenvalue weighted by Gasteiger charge is -2.39. The average Bonchev–Trinajstić information content (AvgIpc) is 2.60.